The molecule has 0 aromatic heterocycles. The number of carbonyl (C=O) groups excluding carboxylic acids is 1. The Morgan fingerprint density at radius 1 is 1.10 bits per heavy atom. The van der Waals surface area contributed by atoms with Gasteiger partial charge >= 0.3 is 0 Å². The van der Waals surface area contributed by atoms with Gasteiger partial charge in [0.15, 0.2) is 0 Å². The van der Waals surface area contributed by atoms with Crippen LogP contribution in [0.3, 0.4) is 0 Å². The van der Waals surface area contributed by atoms with Crippen LogP contribution in [0, 0.1) is 6.92 Å². The monoisotopic (exact) mass is 286 g/mol. The average Bonchev–Trinajstić information content (AvgIpc) is 2.47. The van der Waals surface area contributed by atoms with Crippen molar-refractivity contribution in [2.45, 2.75) is 6.92 Å². The molecule has 0 radical (unpaired) electrons. The molecule has 2 rings (SSSR count). The van der Waals surface area contributed by atoms with Gasteiger partial charge in [0.25, 0.3) is 5.91 Å². The van der Waals surface area contributed by atoms with Gasteiger partial charge in [-0.2, -0.15) is 0 Å². The van der Waals surface area contributed by atoms with E-state index in [-0.39, 0.29) is 5.91 Å². The third-order valence-electron chi connectivity index (χ3n) is 3.15. The SMILES string of the molecule is COc1ccc(NC(=O)c2ccc(N)cc2C)c(OC)c1. The van der Waals surface area contributed by atoms with Crippen molar-refractivity contribution < 1.29 is 14.3 Å². The normalized spacial score (nSPS) is 10.0. The Bertz CT molecular complexity index is 669. The summed E-state index contributed by atoms with van der Waals surface area (Å²) in [6.45, 7) is 1.84. The lowest BCUT2D eigenvalue weighted by Crippen LogP contribution is -2.14. The van der Waals surface area contributed by atoms with Gasteiger partial charge in [0, 0.05) is 17.3 Å². The topological polar surface area (TPSA) is 73.6 Å². The molecule has 0 heterocycles. The number of anilines is 2. The minimum absolute atomic E-state index is 0.212. The van der Waals surface area contributed by atoms with Gasteiger partial charge in [0.1, 0.15) is 11.5 Å². The third kappa shape index (κ3) is 3.25. The van der Waals surface area contributed by atoms with E-state index in [1.807, 2.05) is 6.92 Å². The first-order chi connectivity index (χ1) is 10.0. The fraction of sp³-hybridized carbons (Fsp3) is 0.188. The lowest BCUT2D eigenvalue weighted by molar-refractivity contribution is 0.102. The summed E-state index contributed by atoms with van der Waals surface area (Å²) in [6, 6.07) is 10.4. The van der Waals surface area contributed by atoms with Crippen LogP contribution in [0.2, 0.25) is 0 Å². The van der Waals surface area contributed by atoms with Crippen molar-refractivity contribution in [2.75, 3.05) is 25.3 Å². The molecule has 110 valence electrons. The zero-order valence-corrected chi connectivity index (χ0v) is 12.3. The summed E-state index contributed by atoms with van der Waals surface area (Å²) in [6.07, 6.45) is 0. The Kier molecular flexibility index (Phi) is 4.33. The molecule has 0 aliphatic carbocycles. The molecule has 5 heteroatoms. The van der Waals surface area contributed by atoms with Crippen molar-refractivity contribution in [3.63, 3.8) is 0 Å². The van der Waals surface area contributed by atoms with Gasteiger partial charge in [0.05, 0.1) is 19.9 Å². The summed E-state index contributed by atoms with van der Waals surface area (Å²) in [4.78, 5) is 12.3. The van der Waals surface area contributed by atoms with Gasteiger partial charge in [-0.1, -0.05) is 0 Å². The van der Waals surface area contributed by atoms with E-state index in [4.69, 9.17) is 15.2 Å². The Morgan fingerprint density at radius 3 is 2.48 bits per heavy atom. The van der Waals surface area contributed by atoms with E-state index in [9.17, 15) is 4.79 Å². The molecular weight excluding hydrogens is 268 g/mol. The molecule has 2 aromatic rings. The van der Waals surface area contributed by atoms with Crippen molar-refractivity contribution in [1.29, 1.82) is 0 Å². The second-order valence-corrected chi connectivity index (χ2v) is 4.59. The summed E-state index contributed by atoms with van der Waals surface area (Å²) >= 11 is 0. The number of ether oxygens (including phenoxy) is 2. The van der Waals surface area contributed by atoms with Crippen LogP contribution in [-0.2, 0) is 0 Å². The van der Waals surface area contributed by atoms with Crippen LogP contribution in [-0.4, -0.2) is 20.1 Å². The summed E-state index contributed by atoms with van der Waals surface area (Å²) in [5, 5.41) is 2.83. The van der Waals surface area contributed by atoms with Crippen LogP contribution in [0.4, 0.5) is 11.4 Å². The van der Waals surface area contributed by atoms with E-state index in [1.165, 1.54) is 0 Å². The molecule has 0 fully saturated rings. The maximum absolute atomic E-state index is 12.3. The smallest absolute Gasteiger partial charge is 0.256 e. The number of methoxy groups -OCH3 is 2. The molecule has 0 aliphatic heterocycles. The van der Waals surface area contributed by atoms with E-state index in [1.54, 1.807) is 50.6 Å². The Balaban J connectivity index is 2.27. The maximum Gasteiger partial charge on any atom is 0.256 e. The standard InChI is InChI=1S/C16H18N2O3/c1-10-8-11(17)4-6-13(10)16(19)18-14-7-5-12(20-2)9-15(14)21-3/h4-9H,17H2,1-3H3,(H,18,19). The minimum Gasteiger partial charge on any atom is -0.497 e. The van der Waals surface area contributed by atoms with Crippen LogP contribution in [0.1, 0.15) is 15.9 Å². The number of hydrogen-bond acceptors (Lipinski definition) is 4. The number of hydrogen-bond donors (Lipinski definition) is 2. The predicted molar refractivity (Wildman–Crippen MR) is 83.1 cm³/mol. The number of amides is 1. The number of nitrogens with two attached hydrogens (primary N) is 1. The molecule has 0 aliphatic rings. The van der Waals surface area contributed by atoms with Crippen LogP contribution in [0.15, 0.2) is 36.4 Å². The first kappa shape index (κ1) is 14.7. The molecule has 0 saturated heterocycles. The second-order valence-electron chi connectivity index (χ2n) is 4.59. The van der Waals surface area contributed by atoms with Crippen LogP contribution >= 0.6 is 0 Å². The van der Waals surface area contributed by atoms with Crippen LogP contribution in [0.25, 0.3) is 0 Å². The average molecular weight is 286 g/mol. The number of nitrogens with one attached hydrogen (secondary N) is 1. The fourth-order valence-electron chi connectivity index (χ4n) is 2.03. The first-order valence-electron chi connectivity index (χ1n) is 6.44. The zero-order valence-electron chi connectivity index (χ0n) is 12.3. The number of carbonyl (C=O) groups is 1. The van der Waals surface area contributed by atoms with Gasteiger partial charge in [-0.05, 0) is 42.8 Å². The molecule has 0 spiro atoms. The molecular formula is C16H18N2O3. The second kappa shape index (κ2) is 6.17. The number of nitrogen functional groups attached to an aromatic ring is 1. The van der Waals surface area contributed by atoms with Crippen molar-refractivity contribution in [3.8, 4) is 11.5 Å². The molecule has 0 bridgehead atoms. The quantitative estimate of drug-likeness (QED) is 0.848. The van der Waals surface area contributed by atoms with Crippen molar-refractivity contribution >= 4 is 17.3 Å². The Labute approximate surface area is 123 Å². The number of aryl methyl sites for hydroxylation is 1. The highest BCUT2D eigenvalue weighted by Gasteiger charge is 2.12. The van der Waals surface area contributed by atoms with Gasteiger partial charge in [-0.15, -0.1) is 0 Å². The fourth-order valence-corrected chi connectivity index (χ4v) is 2.03. The molecule has 0 unspecified atom stereocenters. The maximum atomic E-state index is 12.3. The molecule has 21 heavy (non-hydrogen) atoms. The van der Waals surface area contributed by atoms with Crippen molar-refractivity contribution in [2.24, 2.45) is 0 Å². The minimum atomic E-state index is -0.212. The summed E-state index contributed by atoms with van der Waals surface area (Å²) in [5.74, 6) is 0.986. The van der Waals surface area contributed by atoms with Crippen LogP contribution < -0.4 is 20.5 Å². The van der Waals surface area contributed by atoms with Crippen LogP contribution in [0.5, 0.6) is 11.5 Å². The first-order valence-corrected chi connectivity index (χ1v) is 6.44. The lowest BCUT2D eigenvalue weighted by Gasteiger charge is -2.12. The van der Waals surface area contributed by atoms with Gasteiger partial charge in [-0.25, -0.2) is 0 Å². The summed E-state index contributed by atoms with van der Waals surface area (Å²) < 4.78 is 10.4. The Morgan fingerprint density at radius 2 is 1.86 bits per heavy atom. The highest BCUT2D eigenvalue weighted by Crippen LogP contribution is 2.29. The van der Waals surface area contributed by atoms with E-state index in [0.717, 1.165) is 5.56 Å². The highest BCUT2D eigenvalue weighted by molar-refractivity contribution is 6.06. The van der Waals surface area contributed by atoms with Gasteiger partial charge in [0.2, 0.25) is 0 Å². The number of benzene rings is 2. The molecule has 0 saturated carbocycles. The molecule has 3 N–H and O–H groups in total. The van der Waals surface area contributed by atoms with E-state index >= 15 is 0 Å². The highest BCUT2D eigenvalue weighted by atomic mass is 16.5. The number of rotatable bonds is 4. The third-order valence-corrected chi connectivity index (χ3v) is 3.15. The molecule has 0 atom stereocenters. The predicted octanol–water partition coefficient (Wildman–Crippen LogP) is 2.85. The van der Waals surface area contributed by atoms with E-state index in [0.29, 0.717) is 28.4 Å². The largest absolute Gasteiger partial charge is 0.497 e. The lowest BCUT2D eigenvalue weighted by atomic mass is 10.1. The van der Waals surface area contributed by atoms with Gasteiger partial charge in [-0.3, -0.25) is 4.79 Å². The van der Waals surface area contributed by atoms with E-state index in [2.05, 4.69) is 5.32 Å². The van der Waals surface area contributed by atoms with Gasteiger partial charge < -0.3 is 20.5 Å². The zero-order chi connectivity index (χ0) is 15.4. The summed E-state index contributed by atoms with van der Waals surface area (Å²) in [5.41, 5.74) is 8.30. The van der Waals surface area contributed by atoms with E-state index < -0.39 is 0 Å². The molecule has 2 aromatic carbocycles. The summed E-state index contributed by atoms with van der Waals surface area (Å²) in [7, 11) is 3.11. The van der Waals surface area contributed by atoms with Crippen molar-refractivity contribution in [1.82, 2.24) is 0 Å². The Hall–Kier alpha value is -2.69. The molecule has 1 amide bonds. The van der Waals surface area contributed by atoms with Crippen molar-refractivity contribution in [3.05, 3.63) is 47.5 Å². The molecule has 5 nitrogen and oxygen atoms in total.